The highest BCUT2D eigenvalue weighted by Gasteiger charge is 2.02. The highest BCUT2D eigenvalue weighted by Crippen LogP contribution is 2.18. The van der Waals surface area contributed by atoms with Crippen molar-refractivity contribution in [2.45, 2.75) is 25.8 Å². The van der Waals surface area contributed by atoms with Gasteiger partial charge in [-0.1, -0.05) is 13.8 Å². The molecule has 1 rings (SSSR count). The zero-order valence-electron chi connectivity index (χ0n) is 10.0. The minimum atomic E-state index is 0.819. The van der Waals surface area contributed by atoms with E-state index in [-0.39, 0.29) is 0 Å². The Balaban J connectivity index is 2.42. The molecule has 0 aliphatic carbocycles. The Morgan fingerprint density at radius 3 is 2.56 bits per heavy atom. The second kappa shape index (κ2) is 7.25. The molecule has 0 aromatic carbocycles. The van der Waals surface area contributed by atoms with E-state index in [0.717, 1.165) is 40.8 Å². The lowest BCUT2D eigenvalue weighted by Crippen LogP contribution is -2.25. The lowest BCUT2D eigenvalue weighted by molar-refractivity contribution is 0.324. The summed E-state index contributed by atoms with van der Waals surface area (Å²) in [5, 5.41) is 1.05. The van der Waals surface area contributed by atoms with Gasteiger partial charge in [-0.15, -0.1) is 11.8 Å². The Morgan fingerprint density at radius 2 is 2.00 bits per heavy atom. The molecule has 90 valence electrons. The fourth-order valence-electron chi connectivity index (χ4n) is 1.40. The predicted octanol–water partition coefficient (Wildman–Crippen LogP) is 2.98. The molecule has 0 aliphatic rings. The molecule has 1 heterocycles. The molecule has 0 atom stereocenters. The Hall–Kier alpha value is -0.130. The highest BCUT2D eigenvalue weighted by molar-refractivity contribution is 9.10. The van der Waals surface area contributed by atoms with E-state index in [2.05, 4.69) is 44.6 Å². The molecule has 0 amide bonds. The van der Waals surface area contributed by atoms with Gasteiger partial charge in [-0.3, -0.25) is 0 Å². The molecule has 0 bridgehead atoms. The van der Waals surface area contributed by atoms with E-state index in [1.807, 2.05) is 13.0 Å². The number of aryl methyl sites for hydroxylation is 1. The third-order valence-corrected chi connectivity index (χ3v) is 3.63. The van der Waals surface area contributed by atoms with Crippen LogP contribution in [-0.2, 0) is 0 Å². The Kier molecular flexibility index (Phi) is 6.31. The summed E-state index contributed by atoms with van der Waals surface area (Å²) in [6, 6.07) is 1.97. The fourth-order valence-corrected chi connectivity index (χ4v) is 2.97. The molecule has 0 unspecified atom stereocenters. The van der Waals surface area contributed by atoms with Gasteiger partial charge < -0.3 is 4.90 Å². The highest BCUT2D eigenvalue weighted by atomic mass is 79.9. The van der Waals surface area contributed by atoms with Crippen molar-refractivity contribution in [1.29, 1.82) is 0 Å². The third-order valence-electron chi connectivity index (χ3n) is 2.34. The van der Waals surface area contributed by atoms with Crippen LogP contribution in [0.3, 0.4) is 0 Å². The van der Waals surface area contributed by atoms with E-state index < -0.39 is 0 Å². The fraction of sp³-hybridized carbons (Fsp3) is 0.636. The first-order valence-electron chi connectivity index (χ1n) is 5.52. The van der Waals surface area contributed by atoms with Crippen LogP contribution in [0.2, 0.25) is 0 Å². The van der Waals surface area contributed by atoms with Gasteiger partial charge in [0.05, 0.1) is 0 Å². The summed E-state index contributed by atoms with van der Waals surface area (Å²) in [6.45, 7) is 9.64. The van der Waals surface area contributed by atoms with Crippen molar-refractivity contribution in [2.24, 2.45) is 0 Å². The van der Waals surface area contributed by atoms with Crippen LogP contribution in [0.15, 0.2) is 15.7 Å². The molecule has 1 aromatic heterocycles. The molecule has 0 fully saturated rings. The van der Waals surface area contributed by atoms with Gasteiger partial charge in [0.25, 0.3) is 0 Å². The maximum absolute atomic E-state index is 4.39. The zero-order valence-corrected chi connectivity index (χ0v) is 12.4. The van der Waals surface area contributed by atoms with Crippen LogP contribution in [0.1, 0.15) is 19.7 Å². The van der Waals surface area contributed by atoms with Crippen LogP contribution >= 0.6 is 27.7 Å². The zero-order chi connectivity index (χ0) is 12.0. The molecule has 0 spiro atoms. The number of thioether (sulfide) groups is 1. The third kappa shape index (κ3) is 4.80. The predicted molar refractivity (Wildman–Crippen MR) is 73.0 cm³/mol. The number of rotatable bonds is 6. The first-order valence-corrected chi connectivity index (χ1v) is 7.30. The number of hydrogen-bond donors (Lipinski definition) is 0. The first-order chi connectivity index (χ1) is 7.65. The quantitative estimate of drug-likeness (QED) is 0.597. The van der Waals surface area contributed by atoms with E-state index >= 15 is 0 Å². The molecule has 0 saturated heterocycles. The van der Waals surface area contributed by atoms with Gasteiger partial charge in [0.15, 0.2) is 0 Å². The van der Waals surface area contributed by atoms with Gasteiger partial charge in [-0.25, -0.2) is 9.97 Å². The summed E-state index contributed by atoms with van der Waals surface area (Å²) >= 11 is 5.17. The summed E-state index contributed by atoms with van der Waals surface area (Å²) in [7, 11) is 0. The molecule has 0 saturated carbocycles. The van der Waals surface area contributed by atoms with Crippen molar-refractivity contribution in [1.82, 2.24) is 14.9 Å². The largest absolute Gasteiger partial charge is 0.303 e. The topological polar surface area (TPSA) is 29.0 Å². The van der Waals surface area contributed by atoms with E-state index in [9.17, 15) is 0 Å². The first kappa shape index (κ1) is 13.9. The van der Waals surface area contributed by atoms with E-state index in [4.69, 9.17) is 0 Å². The SMILES string of the molecule is CCN(CC)CCSc1cc(Br)nc(C)n1. The lowest BCUT2D eigenvalue weighted by Gasteiger charge is -2.17. The number of hydrogen-bond acceptors (Lipinski definition) is 4. The van der Waals surface area contributed by atoms with Crippen molar-refractivity contribution in [3.63, 3.8) is 0 Å². The number of nitrogens with zero attached hydrogens (tertiary/aromatic N) is 3. The van der Waals surface area contributed by atoms with Gasteiger partial charge >= 0.3 is 0 Å². The average molecular weight is 304 g/mol. The van der Waals surface area contributed by atoms with Gasteiger partial charge in [0.2, 0.25) is 0 Å². The standard InChI is InChI=1S/C11H18BrN3S/c1-4-15(5-2)6-7-16-11-8-10(12)13-9(3)14-11/h8H,4-7H2,1-3H3. The second-order valence-corrected chi connectivity index (χ2v) is 5.38. The summed E-state index contributed by atoms with van der Waals surface area (Å²) in [5.74, 6) is 1.89. The molecule has 1 aromatic rings. The van der Waals surface area contributed by atoms with Crippen LogP contribution in [0.25, 0.3) is 0 Å². The van der Waals surface area contributed by atoms with Gasteiger partial charge in [0, 0.05) is 18.4 Å². The molecule has 5 heteroatoms. The molecule has 0 radical (unpaired) electrons. The average Bonchev–Trinajstić information content (AvgIpc) is 2.23. The van der Waals surface area contributed by atoms with Gasteiger partial charge in [-0.05, 0) is 35.9 Å². The summed E-state index contributed by atoms with van der Waals surface area (Å²) in [6.07, 6.45) is 0. The van der Waals surface area contributed by atoms with Crippen molar-refractivity contribution in [3.8, 4) is 0 Å². The maximum atomic E-state index is 4.39. The van der Waals surface area contributed by atoms with Crippen molar-refractivity contribution < 1.29 is 0 Å². The minimum absolute atomic E-state index is 0.819. The monoisotopic (exact) mass is 303 g/mol. The van der Waals surface area contributed by atoms with Crippen molar-refractivity contribution in [3.05, 3.63) is 16.5 Å². The summed E-state index contributed by atoms with van der Waals surface area (Å²) in [5.41, 5.74) is 0. The summed E-state index contributed by atoms with van der Waals surface area (Å²) < 4.78 is 0.866. The number of aromatic nitrogens is 2. The van der Waals surface area contributed by atoms with Crippen molar-refractivity contribution in [2.75, 3.05) is 25.4 Å². The lowest BCUT2D eigenvalue weighted by atomic mass is 10.5. The van der Waals surface area contributed by atoms with Crippen molar-refractivity contribution >= 4 is 27.7 Å². The molecule has 16 heavy (non-hydrogen) atoms. The van der Waals surface area contributed by atoms with E-state index in [1.54, 1.807) is 11.8 Å². The normalized spacial score (nSPS) is 11.1. The molecule has 3 nitrogen and oxygen atoms in total. The molecular weight excluding hydrogens is 286 g/mol. The number of halogens is 1. The smallest absolute Gasteiger partial charge is 0.127 e. The van der Waals surface area contributed by atoms with Crippen LogP contribution in [-0.4, -0.2) is 40.3 Å². The summed E-state index contributed by atoms with van der Waals surface area (Å²) in [4.78, 5) is 11.0. The van der Waals surface area contributed by atoms with Crippen LogP contribution in [0.5, 0.6) is 0 Å². The molecule has 0 N–H and O–H groups in total. The van der Waals surface area contributed by atoms with Crippen LogP contribution in [0.4, 0.5) is 0 Å². The van der Waals surface area contributed by atoms with Crippen LogP contribution < -0.4 is 0 Å². The maximum Gasteiger partial charge on any atom is 0.127 e. The van der Waals surface area contributed by atoms with E-state index in [0.29, 0.717) is 0 Å². The van der Waals surface area contributed by atoms with Gasteiger partial charge in [0.1, 0.15) is 15.5 Å². The van der Waals surface area contributed by atoms with Crippen LogP contribution in [0, 0.1) is 6.92 Å². The van der Waals surface area contributed by atoms with E-state index in [1.165, 1.54) is 0 Å². The van der Waals surface area contributed by atoms with Gasteiger partial charge in [-0.2, -0.15) is 0 Å². The Morgan fingerprint density at radius 1 is 1.31 bits per heavy atom. The second-order valence-electron chi connectivity index (χ2n) is 3.45. The Bertz CT molecular complexity index is 309. The molecule has 0 aliphatic heterocycles. The Labute approximate surface area is 110 Å². The minimum Gasteiger partial charge on any atom is -0.303 e. The molecular formula is C11H18BrN3S.